The average molecular weight is 845 g/mol. The van der Waals surface area contributed by atoms with Crippen LogP contribution in [0, 0.1) is 0 Å². The van der Waals surface area contributed by atoms with Crippen molar-refractivity contribution in [2.75, 3.05) is 4.90 Å². The SMILES string of the molecule is CC1(C)c2cc(N(c3ccc(-c4ccccc4)cc3)c3ccc(-c4ccc(-n5c6ccccc6c6cc7oc8ccccc8c7cc65)cc4)cc3)ccc2-c2cccc(-c3ccccc3)c21. The molecule has 1 aliphatic rings. The van der Waals surface area contributed by atoms with Gasteiger partial charge in [0.05, 0.1) is 11.0 Å². The first-order valence-electron chi connectivity index (χ1n) is 22.8. The number of fused-ring (bicyclic) bond motifs is 9. The average Bonchev–Trinajstić information content (AvgIpc) is 3.98. The largest absolute Gasteiger partial charge is 0.456 e. The highest BCUT2D eigenvalue weighted by atomic mass is 16.3. The number of hydrogen-bond donors (Lipinski definition) is 0. The van der Waals surface area contributed by atoms with Crippen molar-refractivity contribution in [3.8, 4) is 50.2 Å². The van der Waals surface area contributed by atoms with Crippen LogP contribution < -0.4 is 4.90 Å². The highest BCUT2D eigenvalue weighted by molar-refractivity contribution is 6.17. The van der Waals surface area contributed by atoms with E-state index >= 15 is 0 Å². The van der Waals surface area contributed by atoms with Gasteiger partial charge in [-0.05, 0) is 128 Å². The van der Waals surface area contributed by atoms with Gasteiger partial charge in [-0.1, -0.05) is 172 Å². The molecule has 0 atom stereocenters. The number of rotatable bonds is 7. The van der Waals surface area contributed by atoms with Gasteiger partial charge in [0, 0.05) is 49.7 Å². The number of benzene rings is 10. The van der Waals surface area contributed by atoms with Gasteiger partial charge in [-0.15, -0.1) is 0 Å². The number of nitrogens with zero attached hydrogens (tertiary/aromatic N) is 2. The van der Waals surface area contributed by atoms with E-state index < -0.39 is 0 Å². The van der Waals surface area contributed by atoms with E-state index in [1.165, 1.54) is 71.9 Å². The summed E-state index contributed by atoms with van der Waals surface area (Å²) in [6, 6.07) is 83.8. The summed E-state index contributed by atoms with van der Waals surface area (Å²) < 4.78 is 8.71. The van der Waals surface area contributed by atoms with Crippen LogP contribution in [0.4, 0.5) is 17.1 Å². The smallest absolute Gasteiger partial charge is 0.136 e. The van der Waals surface area contributed by atoms with Gasteiger partial charge in [0.15, 0.2) is 0 Å². The molecule has 0 saturated heterocycles. The zero-order valence-electron chi connectivity index (χ0n) is 36.7. The van der Waals surface area contributed by atoms with E-state index in [4.69, 9.17) is 4.42 Å². The number of hydrogen-bond acceptors (Lipinski definition) is 2. The third-order valence-corrected chi connectivity index (χ3v) is 14.0. The Morgan fingerprint density at radius 1 is 0.364 bits per heavy atom. The number of aromatic nitrogens is 1. The number of para-hydroxylation sites is 2. The molecule has 0 saturated carbocycles. The highest BCUT2D eigenvalue weighted by Crippen LogP contribution is 2.54. The predicted molar refractivity (Wildman–Crippen MR) is 277 cm³/mol. The summed E-state index contributed by atoms with van der Waals surface area (Å²) in [5, 5.41) is 4.66. The van der Waals surface area contributed by atoms with Gasteiger partial charge in [0.1, 0.15) is 11.2 Å². The van der Waals surface area contributed by atoms with Gasteiger partial charge in [-0.3, -0.25) is 0 Å². The summed E-state index contributed by atoms with van der Waals surface area (Å²) in [5.74, 6) is 0. The van der Waals surface area contributed by atoms with Gasteiger partial charge in [0.2, 0.25) is 0 Å². The van der Waals surface area contributed by atoms with E-state index in [2.05, 4.69) is 242 Å². The first-order chi connectivity index (χ1) is 32.5. The Labute approximate surface area is 384 Å². The molecule has 0 radical (unpaired) electrons. The Hall–Kier alpha value is -8.40. The Balaban J connectivity index is 0.880. The lowest BCUT2D eigenvalue weighted by molar-refractivity contribution is 0.662. The first kappa shape index (κ1) is 38.1. The van der Waals surface area contributed by atoms with Gasteiger partial charge < -0.3 is 13.9 Å². The molecule has 0 N–H and O–H groups in total. The van der Waals surface area contributed by atoms with Crippen molar-refractivity contribution in [1.82, 2.24) is 4.57 Å². The van der Waals surface area contributed by atoms with Crippen molar-refractivity contribution in [2.45, 2.75) is 19.3 Å². The summed E-state index contributed by atoms with van der Waals surface area (Å²) in [6.45, 7) is 4.77. The van der Waals surface area contributed by atoms with Crippen LogP contribution >= 0.6 is 0 Å². The number of furan rings is 1. The van der Waals surface area contributed by atoms with Crippen LogP contribution in [0.1, 0.15) is 25.0 Å². The normalized spacial score (nSPS) is 12.8. The molecule has 12 aromatic rings. The molecular formula is C63H44N2O. The molecule has 10 aromatic carbocycles. The maximum atomic E-state index is 6.33. The molecule has 13 rings (SSSR count). The van der Waals surface area contributed by atoms with Crippen molar-refractivity contribution in [3.63, 3.8) is 0 Å². The lowest BCUT2D eigenvalue weighted by Crippen LogP contribution is -2.17. The summed E-state index contributed by atoms with van der Waals surface area (Å²) >= 11 is 0. The van der Waals surface area contributed by atoms with E-state index in [1.54, 1.807) is 0 Å². The maximum Gasteiger partial charge on any atom is 0.136 e. The van der Waals surface area contributed by atoms with Crippen molar-refractivity contribution in [2.24, 2.45) is 0 Å². The minimum absolute atomic E-state index is 0.203. The molecule has 0 bridgehead atoms. The quantitative estimate of drug-likeness (QED) is 0.159. The lowest BCUT2D eigenvalue weighted by atomic mass is 9.78. The van der Waals surface area contributed by atoms with Crippen molar-refractivity contribution >= 4 is 60.8 Å². The van der Waals surface area contributed by atoms with E-state index in [-0.39, 0.29) is 5.41 Å². The molecule has 2 heterocycles. The molecule has 0 fully saturated rings. The standard InChI is InChI=1S/C63H44N2O/c1-63(2)57-38-49(36-37-51(57)54-21-13-20-50(62(54)63)45-16-7-4-8-17-45)64(46-30-24-42(25-31-46)41-14-5-3-6-15-41)47-32-26-43(27-33-47)44-28-34-48(35-29-44)65-58-22-11-9-18-52(58)55-40-61-56(39-59(55)65)53-19-10-12-23-60(53)66-61/h3-40H,1-2H3. The second kappa shape index (κ2) is 14.8. The first-order valence-corrected chi connectivity index (χ1v) is 22.8. The van der Waals surface area contributed by atoms with E-state index in [0.717, 1.165) is 50.3 Å². The molecule has 0 unspecified atom stereocenters. The van der Waals surface area contributed by atoms with Crippen LogP contribution in [0.3, 0.4) is 0 Å². The third kappa shape index (κ3) is 5.97. The van der Waals surface area contributed by atoms with Crippen molar-refractivity contribution < 1.29 is 4.42 Å². The summed E-state index contributed by atoms with van der Waals surface area (Å²) in [7, 11) is 0. The minimum Gasteiger partial charge on any atom is -0.456 e. The van der Waals surface area contributed by atoms with Gasteiger partial charge >= 0.3 is 0 Å². The summed E-state index contributed by atoms with van der Waals surface area (Å²) in [5.41, 5.74) is 21.1. The third-order valence-electron chi connectivity index (χ3n) is 14.0. The van der Waals surface area contributed by atoms with E-state index in [0.29, 0.717) is 0 Å². The second-order valence-corrected chi connectivity index (χ2v) is 18.1. The molecule has 0 spiro atoms. The Kier molecular flexibility index (Phi) is 8.56. The second-order valence-electron chi connectivity index (χ2n) is 18.1. The molecule has 312 valence electrons. The Bertz CT molecular complexity index is 3800. The van der Waals surface area contributed by atoms with Gasteiger partial charge in [-0.2, -0.15) is 0 Å². The molecule has 0 amide bonds. The zero-order chi connectivity index (χ0) is 43.9. The van der Waals surface area contributed by atoms with Crippen LogP contribution in [0.25, 0.3) is 93.9 Å². The van der Waals surface area contributed by atoms with Crippen molar-refractivity contribution in [1.29, 1.82) is 0 Å². The van der Waals surface area contributed by atoms with Crippen LogP contribution in [0.2, 0.25) is 0 Å². The van der Waals surface area contributed by atoms with Gasteiger partial charge in [0.25, 0.3) is 0 Å². The molecule has 66 heavy (non-hydrogen) atoms. The molecule has 2 aromatic heterocycles. The molecule has 1 aliphatic carbocycles. The fourth-order valence-corrected chi connectivity index (χ4v) is 10.8. The number of anilines is 3. The van der Waals surface area contributed by atoms with Crippen LogP contribution in [0.15, 0.2) is 235 Å². The predicted octanol–water partition coefficient (Wildman–Crippen LogP) is 17.5. The fraction of sp³-hybridized carbons (Fsp3) is 0.0476. The topological polar surface area (TPSA) is 21.3 Å². The zero-order valence-corrected chi connectivity index (χ0v) is 36.7. The molecule has 3 heteroatoms. The van der Waals surface area contributed by atoms with Gasteiger partial charge in [-0.25, -0.2) is 0 Å². The molecular weight excluding hydrogens is 801 g/mol. The van der Waals surface area contributed by atoms with Crippen LogP contribution in [-0.4, -0.2) is 4.57 Å². The van der Waals surface area contributed by atoms with Crippen LogP contribution in [0.5, 0.6) is 0 Å². The van der Waals surface area contributed by atoms with Crippen molar-refractivity contribution in [3.05, 3.63) is 242 Å². The van der Waals surface area contributed by atoms with Crippen LogP contribution in [-0.2, 0) is 5.41 Å². The fourth-order valence-electron chi connectivity index (χ4n) is 10.8. The van der Waals surface area contributed by atoms with E-state index in [9.17, 15) is 0 Å². The monoisotopic (exact) mass is 844 g/mol. The molecule has 3 nitrogen and oxygen atoms in total. The molecule has 0 aliphatic heterocycles. The lowest BCUT2D eigenvalue weighted by Gasteiger charge is -2.29. The summed E-state index contributed by atoms with van der Waals surface area (Å²) in [6.07, 6.45) is 0. The maximum absolute atomic E-state index is 6.33. The van der Waals surface area contributed by atoms with E-state index in [1.807, 2.05) is 12.1 Å². The summed E-state index contributed by atoms with van der Waals surface area (Å²) in [4.78, 5) is 2.40. The highest BCUT2D eigenvalue weighted by Gasteiger charge is 2.38. The minimum atomic E-state index is -0.203. The Morgan fingerprint density at radius 3 is 1.62 bits per heavy atom. The Morgan fingerprint density at radius 2 is 0.924 bits per heavy atom.